The molecular weight excluding hydrogens is 208 g/mol. The van der Waals surface area contributed by atoms with Gasteiger partial charge in [-0.2, -0.15) is 0 Å². The SMILES string of the molecule is CCCN(C)C(C)(CN)CCc1ccccc1. The van der Waals surface area contributed by atoms with Crippen LogP contribution in [0.15, 0.2) is 30.3 Å². The first-order valence-corrected chi connectivity index (χ1v) is 6.57. The Morgan fingerprint density at radius 2 is 1.88 bits per heavy atom. The Morgan fingerprint density at radius 1 is 1.24 bits per heavy atom. The number of hydrogen-bond acceptors (Lipinski definition) is 2. The first-order valence-electron chi connectivity index (χ1n) is 6.57. The quantitative estimate of drug-likeness (QED) is 0.786. The van der Waals surface area contributed by atoms with Crippen LogP contribution in [0, 0.1) is 0 Å². The van der Waals surface area contributed by atoms with Gasteiger partial charge in [0.2, 0.25) is 0 Å². The normalized spacial score (nSPS) is 14.9. The molecule has 0 radical (unpaired) electrons. The molecule has 2 heteroatoms. The molecule has 0 saturated carbocycles. The molecule has 0 aliphatic rings. The van der Waals surface area contributed by atoms with Gasteiger partial charge in [-0.25, -0.2) is 0 Å². The summed E-state index contributed by atoms with van der Waals surface area (Å²) in [6.07, 6.45) is 3.39. The summed E-state index contributed by atoms with van der Waals surface area (Å²) in [5.41, 5.74) is 7.48. The molecule has 1 rings (SSSR count). The van der Waals surface area contributed by atoms with Crippen LogP contribution in [0.1, 0.15) is 32.3 Å². The Kier molecular flexibility index (Phi) is 5.66. The summed E-state index contributed by atoms with van der Waals surface area (Å²) in [4.78, 5) is 2.40. The number of nitrogens with two attached hydrogens (primary N) is 1. The van der Waals surface area contributed by atoms with Crippen molar-refractivity contribution >= 4 is 0 Å². The molecule has 0 saturated heterocycles. The summed E-state index contributed by atoms with van der Waals surface area (Å²) in [6.45, 7) is 6.31. The van der Waals surface area contributed by atoms with E-state index in [0.29, 0.717) is 0 Å². The van der Waals surface area contributed by atoms with Gasteiger partial charge in [-0.15, -0.1) is 0 Å². The van der Waals surface area contributed by atoms with Gasteiger partial charge in [-0.1, -0.05) is 37.3 Å². The van der Waals surface area contributed by atoms with Crippen LogP contribution >= 0.6 is 0 Å². The minimum Gasteiger partial charge on any atom is -0.329 e. The van der Waals surface area contributed by atoms with E-state index in [0.717, 1.165) is 25.9 Å². The molecule has 17 heavy (non-hydrogen) atoms. The summed E-state index contributed by atoms with van der Waals surface area (Å²) in [5, 5.41) is 0. The summed E-state index contributed by atoms with van der Waals surface area (Å²) in [6, 6.07) is 10.7. The van der Waals surface area contributed by atoms with Crippen LogP contribution in [0.25, 0.3) is 0 Å². The van der Waals surface area contributed by atoms with Gasteiger partial charge in [0.15, 0.2) is 0 Å². The van der Waals surface area contributed by atoms with Crippen molar-refractivity contribution < 1.29 is 0 Å². The fourth-order valence-electron chi connectivity index (χ4n) is 2.11. The molecule has 1 aromatic carbocycles. The van der Waals surface area contributed by atoms with Crippen molar-refractivity contribution in [2.45, 2.75) is 38.6 Å². The second-order valence-electron chi connectivity index (χ2n) is 5.11. The average molecular weight is 234 g/mol. The first-order chi connectivity index (χ1) is 8.12. The molecular formula is C15H26N2. The van der Waals surface area contributed by atoms with Gasteiger partial charge in [-0.05, 0) is 45.3 Å². The van der Waals surface area contributed by atoms with Gasteiger partial charge in [0.25, 0.3) is 0 Å². The van der Waals surface area contributed by atoms with Gasteiger partial charge >= 0.3 is 0 Å². The van der Waals surface area contributed by atoms with Crippen LogP contribution in [-0.2, 0) is 6.42 Å². The Morgan fingerprint density at radius 3 is 2.41 bits per heavy atom. The smallest absolute Gasteiger partial charge is 0.0303 e. The van der Waals surface area contributed by atoms with E-state index in [4.69, 9.17) is 5.73 Å². The summed E-state index contributed by atoms with van der Waals surface area (Å²) in [5.74, 6) is 0. The molecule has 0 aliphatic carbocycles. The summed E-state index contributed by atoms with van der Waals surface area (Å²) >= 11 is 0. The maximum Gasteiger partial charge on any atom is 0.0303 e. The minimum absolute atomic E-state index is 0.117. The maximum atomic E-state index is 5.96. The highest BCUT2D eigenvalue weighted by molar-refractivity contribution is 5.15. The van der Waals surface area contributed by atoms with Crippen LogP contribution in [0.2, 0.25) is 0 Å². The van der Waals surface area contributed by atoms with Gasteiger partial charge in [0, 0.05) is 12.1 Å². The predicted octanol–water partition coefficient (Wildman–Crippen LogP) is 2.68. The lowest BCUT2D eigenvalue weighted by Crippen LogP contribution is -2.50. The number of benzene rings is 1. The van der Waals surface area contributed by atoms with E-state index in [9.17, 15) is 0 Å². The molecule has 0 spiro atoms. The van der Waals surface area contributed by atoms with Crippen LogP contribution in [0.3, 0.4) is 0 Å². The van der Waals surface area contributed by atoms with Gasteiger partial charge in [0.05, 0.1) is 0 Å². The number of aryl methyl sites for hydroxylation is 1. The van der Waals surface area contributed by atoms with E-state index in [1.807, 2.05) is 0 Å². The number of rotatable bonds is 7. The van der Waals surface area contributed by atoms with Crippen molar-refractivity contribution in [3.63, 3.8) is 0 Å². The monoisotopic (exact) mass is 234 g/mol. The highest BCUT2D eigenvalue weighted by atomic mass is 15.2. The third-order valence-electron chi connectivity index (χ3n) is 3.72. The summed E-state index contributed by atoms with van der Waals surface area (Å²) in [7, 11) is 2.18. The van der Waals surface area contributed by atoms with Crippen LogP contribution in [0.4, 0.5) is 0 Å². The fourth-order valence-corrected chi connectivity index (χ4v) is 2.11. The number of hydrogen-bond donors (Lipinski definition) is 1. The van der Waals surface area contributed by atoms with Crippen molar-refractivity contribution in [3.05, 3.63) is 35.9 Å². The van der Waals surface area contributed by atoms with Crippen LogP contribution < -0.4 is 5.73 Å². The molecule has 0 aliphatic heterocycles. The van der Waals surface area contributed by atoms with E-state index < -0.39 is 0 Å². The van der Waals surface area contributed by atoms with Crippen molar-refractivity contribution in [1.82, 2.24) is 4.90 Å². The van der Waals surface area contributed by atoms with Gasteiger partial charge < -0.3 is 5.73 Å². The van der Waals surface area contributed by atoms with Crippen molar-refractivity contribution in [2.75, 3.05) is 20.1 Å². The van der Waals surface area contributed by atoms with E-state index in [2.05, 4.69) is 56.1 Å². The van der Waals surface area contributed by atoms with E-state index in [1.165, 1.54) is 12.0 Å². The van der Waals surface area contributed by atoms with Crippen molar-refractivity contribution in [3.8, 4) is 0 Å². The molecule has 0 bridgehead atoms. The van der Waals surface area contributed by atoms with E-state index in [-0.39, 0.29) is 5.54 Å². The Hall–Kier alpha value is -0.860. The zero-order chi connectivity index (χ0) is 12.7. The summed E-state index contributed by atoms with van der Waals surface area (Å²) < 4.78 is 0. The Labute approximate surface area is 106 Å². The zero-order valence-corrected chi connectivity index (χ0v) is 11.4. The maximum absolute atomic E-state index is 5.96. The second-order valence-corrected chi connectivity index (χ2v) is 5.11. The van der Waals surface area contributed by atoms with Crippen LogP contribution in [0.5, 0.6) is 0 Å². The fraction of sp³-hybridized carbons (Fsp3) is 0.600. The lowest BCUT2D eigenvalue weighted by Gasteiger charge is -2.38. The largest absolute Gasteiger partial charge is 0.329 e. The van der Waals surface area contributed by atoms with E-state index >= 15 is 0 Å². The molecule has 0 amide bonds. The molecule has 1 aromatic rings. The van der Waals surface area contributed by atoms with Gasteiger partial charge in [-0.3, -0.25) is 4.90 Å². The lowest BCUT2D eigenvalue weighted by atomic mass is 9.91. The van der Waals surface area contributed by atoms with Crippen LogP contribution in [-0.4, -0.2) is 30.6 Å². The number of likely N-dealkylation sites (N-methyl/N-ethyl adjacent to an activating group) is 1. The molecule has 0 aromatic heterocycles. The average Bonchev–Trinajstić information content (AvgIpc) is 2.37. The van der Waals surface area contributed by atoms with Gasteiger partial charge in [0.1, 0.15) is 0 Å². The lowest BCUT2D eigenvalue weighted by molar-refractivity contribution is 0.134. The minimum atomic E-state index is 0.117. The highest BCUT2D eigenvalue weighted by Gasteiger charge is 2.26. The standard InChI is InChI=1S/C15H26N2/c1-4-12-17(3)15(2,13-16)11-10-14-8-6-5-7-9-14/h5-9H,4,10-13,16H2,1-3H3. The van der Waals surface area contributed by atoms with Crippen molar-refractivity contribution in [1.29, 1.82) is 0 Å². The first kappa shape index (κ1) is 14.2. The molecule has 1 atom stereocenters. The van der Waals surface area contributed by atoms with Crippen molar-refractivity contribution in [2.24, 2.45) is 5.73 Å². The molecule has 1 unspecified atom stereocenters. The second kappa shape index (κ2) is 6.77. The predicted molar refractivity (Wildman–Crippen MR) is 75.1 cm³/mol. The topological polar surface area (TPSA) is 29.3 Å². The number of nitrogens with zero attached hydrogens (tertiary/aromatic N) is 1. The van der Waals surface area contributed by atoms with E-state index in [1.54, 1.807) is 0 Å². The third kappa shape index (κ3) is 4.14. The molecule has 0 fully saturated rings. The Balaban J connectivity index is 2.57. The highest BCUT2D eigenvalue weighted by Crippen LogP contribution is 2.19. The Bertz CT molecular complexity index is 310. The third-order valence-corrected chi connectivity index (χ3v) is 3.72. The molecule has 96 valence electrons. The molecule has 2 N–H and O–H groups in total. The zero-order valence-electron chi connectivity index (χ0n) is 11.4. The molecule has 0 heterocycles. The molecule has 2 nitrogen and oxygen atoms in total.